The maximum atomic E-state index is 5.66. The van der Waals surface area contributed by atoms with Crippen LogP contribution in [0.3, 0.4) is 0 Å². The van der Waals surface area contributed by atoms with Crippen molar-refractivity contribution in [3.05, 3.63) is 29.8 Å². The molecule has 2 N–H and O–H groups in total. The van der Waals surface area contributed by atoms with E-state index in [4.69, 9.17) is 4.74 Å². The van der Waals surface area contributed by atoms with Gasteiger partial charge >= 0.3 is 0 Å². The summed E-state index contributed by atoms with van der Waals surface area (Å²) in [6, 6.07) is 8.08. The largest absolute Gasteiger partial charge is 0.492 e. The van der Waals surface area contributed by atoms with Crippen molar-refractivity contribution in [2.45, 2.75) is 13.3 Å². The van der Waals surface area contributed by atoms with Crippen LogP contribution in [0.1, 0.15) is 12.0 Å². The second kappa shape index (κ2) is 10.0. The lowest BCUT2D eigenvalue weighted by Gasteiger charge is -2.14. The molecule has 0 radical (unpaired) electrons. The molecule has 0 aliphatic rings. The summed E-state index contributed by atoms with van der Waals surface area (Å²) in [5.41, 5.74) is 1.24. The lowest BCUT2D eigenvalue weighted by Crippen LogP contribution is -2.40. The zero-order chi connectivity index (χ0) is 15.5. The van der Waals surface area contributed by atoms with Crippen LogP contribution in [0.15, 0.2) is 29.3 Å². The van der Waals surface area contributed by atoms with Gasteiger partial charge < -0.3 is 20.3 Å². The molecule has 0 heterocycles. The van der Waals surface area contributed by atoms with Crippen molar-refractivity contribution < 1.29 is 4.74 Å². The van der Waals surface area contributed by atoms with Gasteiger partial charge in [-0.15, -0.1) is 0 Å². The minimum absolute atomic E-state index is 0.613. The highest BCUT2D eigenvalue weighted by molar-refractivity contribution is 5.79. The first-order chi connectivity index (χ1) is 10.1. The molecule has 0 unspecified atom stereocenters. The van der Waals surface area contributed by atoms with Crippen LogP contribution in [0.5, 0.6) is 5.75 Å². The van der Waals surface area contributed by atoms with Crippen LogP contribution in [0.2, 0.25) is 0 Å². The molecule has 0 bridgehead atoms. The van der Waals surface area contributed by atoms with E-state index < -0.39 is 0 Å². The molecule has 0 atom stereocenters. The fourth-order valence-electron chi connectivity index (χ4n) is 1.80. The van der Waals surface area contributed by atoms with Gasteiger partial charge in [0.05, 0.1) is 6.54 Å². The summed E-state index contributed by atoms with van der Waals surface area (Å²) in [6.07, 6.45) is 1.09. The van der Waals surface area contributed by atoms with Gasteiger partial charge in [0.1, 0.15) is 12.4 Å². The number of benzene rings is 1. The highest BCUT2D eigenvalue weighted by atomic mass is 16.5. The number of nitrogens with one attached hydrogen (secondary N) is 2. The molecule has 21 heavy (non-hydrogen) atoms. The molecule has 1 aromatic rings. The van der Waals surface area contributed by atoms with E-state index in [1.165, 1.54) is 5.56 Å². The van der Waals surface area contributed by atoms with Crippen molar-refractivity contribution >= 4 is 5.96 Å². The lowest BCUT2D eigenvalue weighted by molar-refractivity contribution is 0.322. The smallest absolute Gasteiger partial charge is 0.191 e. The van der Waals surface area contributed by atoms with Gasteiger partial charge in [-0.05, 0) is 46.1 Å². The van der Waals surface area contributed by atoms with E-state index in [0.29, 0.717) is 6.61 Å². The van der Waals surface area contributed by atoms with Crippen LogP contribution in [0.4, 0.5) is 0 Å². The number of hydrogen-bond donors (Lipinski definition) is 2. The molecular weight excluding hydrogens is 264 g/mol. The molecular formula is C16H28N4O. The maximum Gasteiger partial charge on any atom is 0.191 e. The normalized spacial score (nSPS) is 11.6. The Labute approximate surface area is 128 Å². The fraction of sp³-hybridized carbons (Fsp3) is 0.562. The molecule has 0 aliphatic heterocycles. The average Bonchev–Trinajstić information content (AvgIpc) is 2.47. The first-order valence-electron chi connectivity index (χ1n) is 7.40. The predicted molar refractivity (Wildman–Crippen MR) is 89.2 cm³/mol. The van der Waals surface area contributed by atoms with Crippen molar-refractivity contribution in [3.8, 4) is 5.75 Å². The number of nitrogens with zero attached hydrogens (tertiary/aromatic N) is 2. The summed E-state index contributed by atoms with van der Waals surface area (Å²) in [5.74, 6) is 1.72. The molecule has 0 spiro atoms. The number of ether oxygens (including phenoxy) is 1. The lowest BCUT2D eigenvalue weighted by atomic mass is 10.2. The zero-order valence-corrected chi connectivity index (χ0v) is 13.6. The Morgan fingerprint density at radius 2 is 1.81 bits per heavy atom. The van der Waals surface area contributed by atoms with Gasteiger partial charge in [0, 0.05) is 13.6 Å². The quantitative estimate of drug-likeness (QED) is 0.433. The van der Waals surface area contributed by atoms with Crippen molar-refractivity contribution in [3.63, 3.8) is 0 Å². The summed E-state index contributed by atoms with van der Waals surface area (Å²) in [6.45, 7) is 5.39. The van der Waals surface area contributed by atoms with Gasteiger partial charge in [0.15, 0.2) is 5.96 Å². The molecule has 1 aromatic carbocycles. The third-order valence-corrected chi connectivity index (χ3v) is 2.98. The topological polar surface area (TPSA) is 48.9 Å². The van der Waals surface area contributed by atoms with E-state index >= 15 is 0 Å². The Hall–Kier alpha value is -1.75. The van der Waals surface area contributed by atoms with Gasteiger partial charge in [-0.1, -0.05) is 17.7 Å². The highest BCUT2D eigenvalue weighted by Crippen LogP contribution is 2.10. The van der Waals surface area contributed by atoms with Gasteiger partial charge in [-0.25, -0.2) is 0 Å². The number of guanidine groups is 1. The van der Waals surface area contributed by atoms with Gasteiger partial charge in [-0.3, -0.25) is 4.99 Å². The fourth-order valence-corrected chi connectivity index (χ4v) is 1.80. The predicted octanol–water partition coefficient (Wildman–Crippen LogP) is 1.49. The van der Waals surface area contributed by atoms with Gasteiger partial charge in [0.2, 0.25) is 0 Å². The van der Waals surface area contributed by atoms with Gasteiger partial charge in [0.25, 0.3) is 0 Å². The van der Waals surface area contributed by atoms with Crippen molar-refractivity contribution in [1.82, 2.24) is 15.5 Å². The number of hydrogen-bond acceptors (Lipinski definition) is 3. The van der Waals surface area contributed by atoms with E-state index in [1.807, 2.05) is 24.3 Å². The molecule has 0 fully saturated rings. The third-order valence-electron chi connectivity index (χ3n) is 2.98. The van der Waals surface area contributed by atoms with Gasteiger partial charge in [-0.2, -0.15) is 0 Å². The molecule has 118 valence electrons. The Morgan fingerprint density at radius 1 is 1.14 bits per heavy atom. The van der Waals surface area contributed by atoms with E-state index in [1.54, 1.807) is 7.05 Å². The third kappa shape index (κ3) is 8.19. The summed E-state index contributed by atoms with van der Waals surface area (Å²) < 4.78 is 5.66. The Morgan fingerprint density at radius 3 is 2.43 bits per heavy atom. The highest BCUT2D eigenvalue weighted by Gasteiger charge is 1.98. The molecule has 0 amide bonds. The second-order valence-electron chi connectivity index (χ2n) is 5.24. The standard InChI is InChI=1S/C16H28N4O/c1-14-6-8-15(9-7-14)21-13-11-19-16(17-2)18-10-5-12-20(3)4/h6-9H,5,10-13H2,1-4H3,(H2,17,18,19). The number of rotatable bonds is 8. The number of aryl methyl sites for hydroxylation is 1. The molecule has 0 saturated heterocycles. The molecule has 1 rings (SSSR count). The van der Waals surface area contributed by atoms with Crippen LogP contribution >= 0.6 is 0 Å². The zero-order valence-electron chi connectivity index (χ0n) is 13.6. The number of aliphatic imine (C=N–C) groups is 1. The van der Waals surface area contributed by atoms with E-state index in [-0.39, 0.29) is 0 Å². The van der Waals surface area contributed by atoms with E-state index in [9.17, 15) is 0 Å². The molecule has 0 aromatic heterocycles. The van der Waals surface area contributed by atoms with E-state index in [0.717, 1.165) is 37.8 Å². The monoisotopic (exact) mass is 292 g/mol. The summed E-state index contributed by atoms with van der Waals surface area (Å²) in [4.78, 5) is 6.36. The minimum atomic E-state index is 0.613. The Balaban J connectivity index is 2.13. The summed E-state index contributed by atoms with van der Waals surface area (Å²) in [5, 5.41) is 6.53. The minimum Gasteiger partial charge on any atom is -0.492 e. The Bertz CT molecular complexity index is 415. The van der Waals surface area contributed by atoms with Crippen molar-refractivity contribution in [2.24, 2.45) is 4.99 Å². The molecule has 0 aliphatic carbocycles. The maximum absolute atomic E-state index is 5.66. The summed E-state index contributed by atoms with van der Waals surface area (Å²) >= 11 is 0. The Kier molecular flexibility index (Phi) is 8.28. The van der Waals surface area contributed by atoms with Crippen LogP contribution < -0.4 is 15.4 Å². The average molecular weight is 292 g/mol. The van der Waals surface area contributed by atoms with E-state index in [2.05, 4.69) is 41.5 Å². The first kappa shape index (κ1) is 17.3. The SMILES string of the molecule is CN=C(NCCCN(C)C)NCCOc1ccc(C)cc1. The van der Waals surface area contributed by atoms with Crippen LogP contribution in [-0.2, 0) is 0 Å². The molecule has 5 nitrogen and oxygen atoms in total. The van der Waals surface area contributed by atoms with Crippen molar-refractivity contribution in [2.75, 3.05) is 47.4 Å². The van der Waals surface area contributed by atoms with Crippen LogP contribution in [-0.4, -0.2) is 58.2 Å². The van der Waals surface area contributed by atoms with Crippen molar-refractivity contribution in [1.29, 1.82) is 0 Å². The van der Waals surface area contributed by atoms with Crippen LogP contribution in [0, 0.1) is 6.92 Å². The molecule has 0 saturated carbocycles. The second-order valence-corrected chi connectivity index (χ2v) is 5.24. The summed E-state index contributed by atoms with van der Waals surface area (Å²) in [7, 11) is 5.94. The van der Waals surface area contributed by atoms with Crippen LogP contribution in [0.25, 0.3) is 0 Å². The molecule has 5 heteroatoms. The first-order valence-corrected chi connectivity index (χ1v) is 7.40.